The number of nitrogens with two attached hydrogens (primary N) is 5. The van der Waals surface area contributed by atoms with E-state index in [2.05, 4.69) is 15.6 Å². The van der Waals surface area contributed by atoms with Gasteiger partial charge in [0.2, 0.25) is 17.7 Å². The molecule has 3 amide bonds. The SMILES string of the molecule is N=C(N)c1ccc(CC(C(=O)N[C@@H](Cc2ccc(N)cc2)C(=O)N[C@@H](CCCN=C(N)N)C(N)=O)c2ccccc2)cc1.O=C(O)C(F)(F)F. The molecule has 3 aromatic rings. The summed E-state index contributed by atoms with van der Waals surface area (Å²) in [4.78, 5) is 52.4. The zero-order valence-electron chi connectivity index (χ0n) is 26.8. The van der Waals surface area contributed by atoms with Crippen LogP contribution in [0.4, 0.5) is 18.9 Å². The van der Waals surface area contributed by atoms with Crippen LogP contribution in [-0.2, 0) is 32.0 Å². The largest absolute Gasteiger partial charge is 0.490 e. The van der Waals surface area contributed by atoms with E-state index >= 15 is 0 Å². The van der Waals surface area contributed by atoms with E-state index in [0.29, 0.717) is 24.1 Å². The second-order valence-electron chi connectivity index (χ2n) is 11.0. The maximum absolute atomic E-state index is 13.9. The fraction of sp³-hybridized carbons (Fsp3) is 0.273. The highest BCUT2D eigenvalue weighted by Gasteiger charge is 2.38. The van der Waals surface area contributed by atoms with Crippen LogP contribution in [-0.4, -0.2) is 65.4 Å². The van der Waals surface area contributed by atoms with Crippen LogP contribution in [0.3, 0.4) is 0 Å². The summed E-state index contributed by atoms with van der Waals surface area (Å²) in [7, 11) is 0. The molecule has 0 aromatic heterocycles. The van der Waals surface area contributed by atoms with E-state index in [1.54, 1.807) is 36.4 Å². The summed E-state index contributed by atoms with van der Waals surface area (Å²) < 4.78 is 31.7. The summed E-state index contributed by atoms with van der Waals surface area (Å²) in [6, 6.07) is 21.3. The van der Waals surface area contributed by atoms with E-state index < -0.39 is 42.0 Å². The first-order valence-corrected chi connectivity index (χ1v) is 15.1. The molecule has 3 aromatic carbocycles. The predicted molar refractivity (Wildman–Crippen MR) is 182 cm³/mol. The number of carboxylic acids is 1. The molecule has 268 valence electrons. The van der Waals surface area contributed by atoms with Crippen molar-refractivity contribution < 1.29 is 37.5 Å². The van der Waals surface area contributed by atoms with Crippen molar-refractivity contribution in [1.29, 1.82) is 5.41 Å². The van der Waals surface area contributed by atoms with Gasteiger partial charge < -0.3 is 44.4 Å². The molecule has 1 unspecified atom stereocenters. The third-order valence-corrected chi connectivity index (χ3v) is 7.12. The number of carbonyl (C=O) groups is 4. The number of amidine groups is 1. The van der Waals surface area contributed by atoms with E-state index in [0.717, 1.165) is 16.7 Å². The van der Waals surface area contributed by atoms with Gasteiger partial charge in [0.05, 0.1) is 5.92 Å². The van der Waals surface area contributed by atoms with Gasteiger partial charge in [-0.2, -0.15) is 13.2 Å². The molecule has 14 N–H and O–H groups in total. The number of hydrogen-bond donors (Lipinski definition) is 9. The number of guanidine groups is 1. The Kier molecular flexibility index (Phi) is 15.2. The number of anilines is 1. The minimum absolute atomic E-state index is 0.0501. The summed E-state index contributed by atoms with van der Waals surface area (Å²) in [5.74, 6) is -5.18. The van der Waals surface area contributed by atoms with Gasteiger partial charge in [-0.25, -0.2) is 4.79 Å². The summed E-state index contributed by atoms with van der Waals surface area (Å²) in [5, 5.41) is 20.4. The lowest BCUT2D eigenvalue weighted by Gasteiger charge is -2.25. The second-order valence-corrected chi connectivity index (χ2v) is 11.0. The monoisotopic (exact) mass is 699 g/mol. The number of hydrogen-bond acceptors (Lipinski definition) is 7. The Bertz CT molecular complexity index is 1630. The van der Waals surface area contributed by atoms with Crippen molar-refractivity contribution in [2.24, 2.45) is 27.9 Å². The highest BCUT2D eigenvalue weighted by Crippen LogP contribution is 2.23. The fourth-order valence-electron chi connectivity index (χ4n) is 4.54. The normalized spacial score (nSPS) is 12.5. The highest BCUT2D eigenvalue weighted by atomic mass is 19.4. The van der Waals surface area contributed by atoms with Crippen molar-refractivity contribution in [2.45, 2.75) is 49.9 Å². The Labute approximate surface area is 285 Å². The van der Waals surface area contributed by atoms with Gasteiger partial charge in [-0.1, -0.05) is 66.7 Å². The van der Waals surface area contributed by atoms with Crippen LogP contribution in [0.15, 0.2) is 83.9 Å². The number of aliphatic imine (C=N–C) groups is 1. The van der Waals surface area contributed by atoms with E-state index in [9.17, 15) is 27.6 Å². The zero-order valence-corrected chi connectivity index (χ0v) is 26.8. The Morgan fingerprint density at radius 2 is 1.30 bits per heavy atom. The molecule has 0 radical (unpaired) electrons. The molecule has 0 aliphatic rings. The Balaban J connectivity index is 0.00000112. The van der Waals surface area contributed by atoms with Crippen molar-refractivity contribution in [1.82, 2.24) is 10.6 Å². The molecule has 17 heteroatoms. The maximum atomic E-state index is 13.9. The standard InChI is InChI=1S/C31H39N9O3.C2HF3O2/c32-23-14-10-20(11-15-23)18-26(30(43)39-25(28(35)41)7-4-16-38-31(36)37)40-29(42)24(21-5-2-1-3-6-21)17-19-8-12-22(13-9-19)27(33)34;3-2(4,5)1(6)7/h1-3,5-6,8-15,24-26H,4,7,16-18,32H2,(H3,33,34)(H2,35,41)(H,39,43)(H,40,42)(H4,36,37,38);(H,6,7)/t24?,25-,26-;/m0./s1. The lowest BCUT2D eigenvalue weighted by atomic mass is 9.90. The van der Waals surface area contributed by atoms with Crippen LogP contribution in [0, 0.1) is 5.41 Å². The molecule has 0 fully saturated rings. The molecule has 3 rings (SSSR count). The lowest BCUT2D eigenvalue weighted by Crippen LogP contribution is -2.54. The van der Waals surface area contributed by atoms with Gasteiger partial charge >= 0.3 is 12.1 Å². The Morgan fingerprint density at radius 3 is 1.80 bits per heavy atom. The summed E-state index contributed by atoms with van der Waals surface area (Å²) in [6.45, 7) is 0.264. The Morgan fingerprint density at radius 1 is 0.780 bits per heavy atom. The number of nitrogen functional groups attached to an aromatic ring is 2. The molecule has 0 aliphatic heterocycles. The Hall–Kier alpha value is -6.13. The van der Waals surface area contributed by atoms with Gasteiger partial charge in [0.15, 0.2) is 5.96 Å². The van der Waals surface area contributed by atoms with Crippen molar-refractivity contribution in [3.8, 4) is 0 Å². The van der Waals surface area contributed by atoms with Crippen LogP contribution in [0.1, 0.15) is 41.0 Å². The van der Waals surface area contributed by atoms with E-state index in [-0.39, 0.29) is 37.1 Å². The summed E-state index contributed by atoms with van der Waals surface area (Å²) in [6.07, 6.45) is -3.99. The topological polar surface area (TPSA) is 279 Å². The number of alkyl halides is 3. The maximum Gasteiger partial charge on any atom is 0.490 e. The number of carbonyl (C=O) groups excluding carboxylic acids is 3. The molecule has 0 bridgehead atoms. The molecular formula is C33H40F3N9O5. The van der Waals surface area contributed by atoms with Gasteiger partial charge in [-0.3, -0.25) is 24.8 Å². The third kappa shape index (κ3) is 13.9. The van der Waals surface area contributed by atoms with Crippen LogP contribution in [0.25, 0.3) is 0 Å². The summed E-state index contributed by atoms with van der Waals surface area (Å²) in [5.41, 5.74) is 31.2. The number of halogens is 3. The zero-order chi connectivity index (χ0) is 37.4. The first-order valence-electron chi connectivity index (χ1n) is 15.1. The minimum Gasteiger partial charge on any atom is -0.475 e. The van der Waals surface area contributed by atoms with Gasteiger partial charge in [0.1, 0.15) is 17.9 Å². The van der Waals surface area contributed by atoms with Gasteiger partial charge in [-0.05, 0) is 48.1 Å². The minimum atomic E-state index is -5.08. The van der Waals surface area contributed by atoms with E-state index in [1.165, 1.54) is 0 Å². The molecule has 14 nitrogen and oxygen atoms in total. The number of benzene rings is 3. The molecule has 0 spiro atoms. The molecule has 50 heavy (non-hydrogen) atoms. The number of carboxylic acid groups (broad SMARTS) is 1. The third-order valence-electron chi connectivity index (χ3n) is 7.12. The van der Waals surface area contributed by atoms with Crippen molar-refractivity contribution in [2.75, 3.05) is 12.3 Å². The fourth-order valence-corrected chi connectivity index (χ4v) is 4.54. The van der Waals surface area contributed by atoms with Gasteiger partial charge in [0, 0.05) is 24.2 Å². The number of aliphatic carboxylic acids is 1. The van der Waals surface area contributed by atoms with Gasteiger partial charge in [-0.15, -0.1) is 0 Å². The summed E-state index contributed by atoms with van der Waals surface area (Å²) >= 11 is 0. The van der Waals surface area contributed by atoms with E-state index in [1.807, 2.05) is 42.5 Å². The molecule has 0 aliphatic carbocycles. The predicted octanol–water partition coefficient (Wildman–Crippen LogP) is 1.26. The number of primary amides is 1. The van der Waals surface area contributed by atoms with Crippen molar-refractivity contribution >= 4 is 41.2 Å². The quantitative estimate of drug-likeness (QED) is 0.0477. The first kappa shape index (κ1) is 40.0. The molecule has 3 atom stereocenters. The van der Waals surface area contributed by atoms with Gasteiger partial charge in [0.25, 0.3) is 0 Å². The van der Waals surface area contributed by atoms with E-state index in [4.69, 9.17) is 44.0 Å². The van der Waals surface area contributed by atoms with Crippen molar-refractivity contribution in [3.63, 3.8) is 0 Å². The molecule has 0 heterocycles. The molecular weight excluding hydrogens is 659 g/mol. The first-order chi connectivity index (χ1) is 23.5. The average Bonchev–Trinajstić information content (AvgIpc) is 3.05. The lowest BCUT2D eigenvalue weighted by molar-refractivity contribution is -0.192. The van der Waals surface area contributed by atoms with Crippen LogP contribution in [0.5, 0.6) is 0 Å². The second kappa shape index (κ2) is 19.0. The van der Waals surface area contributed by atoms with Crippen LogP contribution < -0.4 is 39.3 Å². The van der Waals surface area contributed by atoms with Crippen LogP contribution >= 0.6 is 0 Å². The average molecular weight is 700 g/mol. The number of rotatable bonds is 15. The number of nitrogens with zero attached hydrogens (tertiary/aromatic N) is 1. The number of amides is 3. The van der Waals surface area contributed by atoms with Crippen molar-refractivity contribution in [3.05, 3.63) is 101 Å². The number of nitrogens with one attached hydrogen (secondary N) is 3. The van der Waals surface area contributed by atoms with Crippen LogP contribution in [0.2, 0.25) is 0 Å². The smallest absolute Gasteiger partial charge is 0.475 e. The molecule has 0 saturated carbocycles. The highest BCUT2D eigenvalue weighted by molar-refractivity contribution is 5.95. The molecule has 0 saturated heterocycles.